The van der Waals surface area contributed by atoms with Crippen molar-refractivity contribution >= 4 is 29.9 Å². The highest BCUT2D eigenvalue weighted by Crippen LogP contribution is 2.42. The van der Waals surface area contributed by atoms with Crippen LogP contribution in [0.2, 0.25) is 0 Å². The number of nitrogens with zero attached hydrogens (tertiary/aromatic N) is 2. The molecular weight excluding hydrogens is 413 g/mol. The fraction of sp³-hybridized carbons (Fsp3) is 0.632. The van der Waals surface area contributed by atoms with E-state index in [-0.39, 0.29) is 24.0 Å². The quantitative estimate of drug-likeness (QED) is 0.445. The molecule has 1 spiro atoms. The molecule has 2 heterocycles. The lowest BCUT2D eigenvalue weighted by atomic mass is 9.87. The number of halogens is 1. The second-order valence-corrected chi connectivity index (χ2v) is 7.28. The van der Waals surface area contributed by atoms with Gasteiger partial charge in [0.15, 0.2) is 5.96 Å². The Morgan fingerprint density at radius 2 is 2.17 bits per heavy atom. The van der Waals surface area contributed by atoms with E-state index in [4.69, 9.17) is 9.73 Å². The van der Waals surface area contributed by atoms with Gasteiger partial charge in [-0.1, -0.05) is 30.3 Å². The molecule has 5 heteroatoms. The molecule has 1 aliphatic carbocycles. The van der Waals surface area contributed by atoms with Crippen LogP contribution in [0.3, 0.4) is 0 Å². The number of hydrogen-bond acceptors (Lipinski definition) is 2. The second kappa shape index (κ2) is 7.60. The van der Waals surface area contributed by atoms with Crippen molar-refractivity contribution < 1.29 is 4.74 Å². The average molecular weight is 441 g/mol. The van der Waals surface area contributed by atoms with Gasteiger partial charge in [0.25, 0.3) is 0 Å². The molecule has 0 aromatic heterocycles. The molecule has 4 rings (SSSR count). The van der Waals surface area contributed by atoms with Gasteiger partial charge in [-0.15, -0.1) is 24.0 Å². The van der Waals surface area contributed by atoms with Gasteiger partial charge in [-0.05, 0) is 31.7 Å². The van der Waals surface area contributed by atoms with Gasteiger partial charge in [0, 0.05) is 43.6 Å². The predicted molar refractivity (Wildman–Crippen MR) is 108 cm³/mol. The fourth-order valence-corrected chi connectivity index (χ4v) is 4.06. The number of ether oxygens (including phenoxy) is 1. The van der Waals surface area contributed by atoms with E-state index in [2.05, 4.69) is 47.5 Å². The van der Waals surface area contributed by atoms with Gasteiger partial charge in [-0.2, -0.15) is 0 Å². The number of hydrogen-bond donors (Lipinski definition) is 1. The molecule has 3 aliphatic rings. The Morgan fingerprint density at radius 3 is 2.88 bits per heavy atom. The minimum absolute atomic E-state index is 0. The molecule has 4 nitrogen and oxygen atoms in total. The van der Waals surface area contributed by atoms with Crippen LogP contribution in [-0.4, -0.2) is 49.7 Å². The third kappa shape index (κ3) is 3.72. The molecule has 132 valence electrons. The predicted octanol–water partition coefficient (Wildman–Crippen LogP) is 3.24. The first-order chi connectivity index (χ1) is 11.3. The Bertz CT molecular complexity index is 571. The van der Waals surface area contributed by atoms with Gasteiger partial charge in [0.1, 0.15) is 0 Å². The Morgan fingerprint density at radius 1 is 1.33 bits per heavy atom. The summed E-state index contributed by atoms with van der Waals surface area (Å²) in [5.74, 6) is 1.75. The molecule has 0 bridgehead atoms. The highest BCUT2D eigenvalue weighted by molar-refractivity contribution is 14.0. The van der Waals surface area contributed by atoms with E-state index in [0.717, 1.165) is 38.8 Å². The van der Waals surface area contributed by atoms with Gasteiger partial charge >= 0.3 is 0 Å². The van der Waals surface area contributed by atoms with E-state index < -0.39 is 0 Å². The van der Waals surface area contributed by atoms with E-state index in [9.17, 15) is 0 Å². The highest BCUT2D eigenvalue weighted by atomic mass is 127. The zero-order valence-electron chi connectivity index (χ0n) is 14.4. The number of likely N-dealkylation sites (tertiary alicyclic amines) is 1. The van der Waals surface area contributed by atoms with Crippen LogP contribution < -0.4 is 5.32 Å². The van der Waals surface area contributed by atoms with Crippen LogP contribution in [-0.2, 0) is 4.74 Å². The molecule has 1 aromatic carbocycles. The maximum Gasteiger partial charge on any atom is 0.194 e. The maximum absolute atomic E-state index is 5.65. The number of rotatable bonds is 3. The van der Waals surface area contributed by atoms with Crippen molar-refractivity contribution in [3.8, 4) is 0 Å². The van der Waals surface area contributed by atoms with Crippen LogP contribution in [0.4, 0.5) is 0 Å². The van der Waals surface area contributed by atoms with Crippen molar-refractivity contribution in [2.75, 3.05) is 32.8 Å². The third-order valence-electron chi connectivity index (χ3n) is 5.56. The average Bonchev–Trinajstić information content (AvgIpc) is 3.01. The lowest BCUT2D eigenvalue weighted by molar-refractivity contribution is 0.156. The Labute approximate surface area is 162 Å². The van der Waals surface area contributed by atoms with Gasteiger partial charge in [0.2, 0.25) is 0 Å². The summed E-state index contributed by atoms with van der Waals surface area (Å²) in [5, 5.41) is 3.72. The first-order valence-electron chi connectivity index (χ1n) is 8.98. The molecule has 3 fully saturated rings. The van der Waals surface area contributed by atoms with Crippen molar-refractivity contribution in [3.05, 3.63) is 35.9 Å². The topological polar surface area (TPSA) is 36.9 Å². The minimum atomic E-state index is 0. The largest absolute Gasteiger partial charge is 0.381 e. The molecule has 0 radical (unpaired) electrons. The summed E-state index contributed by atoms with van der Waals surface area (Å²) in [5.41, 5.74) is 1.83. The zero-order valence-corrected chi connectivity index (χ0v) is 16.7. The Hall–Kier alpha value is -0.820. The molecule has 1 N–H and O–H groups in total. The number of benzene rings is 1. The molecule has 1 saturated carbocycles. The summed E-state index contributed by atoms with van der Waals surface area (Å²) in [6.45, 7) is 7.03. The van der Waals surface area contributed by atoms with Gasteiger partial charge < -0.3 is 15.0 Å². The normalized spacial score (nSPS) is 32.0. The molecule has 1 aromatic rings. The van der Waals surface area contributed by atoms with Crippen LogP contribution in [0.5, 0.6) is 0 Å². The number of guanidine groups is 1. The molecule has 24 heavy (non-hydrogen) atoms. The lowest BCUT2D eigenvalue weighted by Gasteiger charge is -2.25. The first-order valence-corrected chi connectivity index (χ1v) is 8.98. The monoisotopic (exact) mass is 441 g/mol. The van der Waals surface area contributed by atoms with E-state index in [0.29, 0.717) is 17.4 Å². The summed E-state index contributed by atoms with van der Waals surface area (Å²) < 4.78 is 5.65. The molecule has 2 saturated heterocycles. The molecular formula is C19H28IN3O. The van der Waals surface area contributed by atoms with Crippen LogP contribution in [0.25, 0.3) is 0 Å². The first kappa shape index (κ1) is 18.0. The summed E-state index contributed by atoms with van der Waals surface area (Å²) in [7, 11) is 0. The fourth-order valence-electron chi connectivity index (χ4n) is 4.06. The van der Waals surface area contributed by atoms with E-state index >= 15 is 0 Å². The molecule has 3 atom stereocenters. The van der Waals surface area contributed by atoms with Crippen LogP contribution in [0.1, 0.15) is 37.7 Å². The standard InChI is InChI=1S/C19H27N3O.HI/c1-2-20-18(22-10-8-19(13-22)9-11-23-14-19)21-17-12-16(17)15-6-4-3-5-7-15;/h3-7,16-17H,2,8-14H2,1H3,(H,20,21);1H. The molecule has 2 aliphatic heterocycles. The second-order valence-electron chi connectivity index (χ2n) is 7.28. The van der Waals surface area contributed by atoms with E-state index in [1.165, 1.54) is 24.8 Å². The van der Waals surface area contributed by atoms with Crippen LogP contribution >= 0.6 is 24.0 Å². The maximum atomic E-state index is 5.65. The highest BCUT2D eigenvalue weighted by Gasteiger charge is 2.44. The zero-order chi connectivity index (χ0) is 15.7. The molecule has 0 amide bonds. The van der Waals surface area contributed by atoms with Gasteiger partial charge in [0.05, 0.1) is 6.61 Å². The van der Waals surface area contributed by atoms with Crippen molar-refractivity contribution in [2.45, 2.75) is 38.1 Å². The summed E-state index contributed by atoms with van der Waals surface area (Å²) in [6.07, 6.45) is 3.66. The number of aliphatic imine (C=N–C) groups is 1. The Balaban J connectivity index is 0.00000169. The van der Waals surface area contributed by atoms with Crippen molar-refractivity contribution in [1.82, 2.24) is 10.2 Å². The van der Waals surface area contributed by atoms with Crippen molar-refractivity contribution in [3.63, 3.8) is 0 Å². The number of nitrogens with one attached hydrogen (secondary N) is 1. The Kier molecular flexibility index (Phi) is 5.70. The SMILES string of the molecule is CCN=C(NC1CC1c1ccccc1)N1CCC2(CCOC2)C1.I. The smallest absolute Gasteiger partial charge is 0.194 e. The molecule has 3 unspecified atom stereocenters. The summed E-state index contributed by atoms with van der Waals surface area (Å²) in [6, 6.07) is 11.4. The van der Waals surface area contributed by atoms with Gasteiger partial charge in [-0.3, -0.25) is 4.99 Å². The van der Waals surface area contributed by atoms with E-state index in [1.54, 1.807) is 0 Å². The lowest BCUT2D eigenvalue weighted by Crippen LogP contribution is -2.43. The van der Waals surface area contributed by atoms with E-state index in [1.807, 2.05) is 0 Å². The summed E-state index contributed by atoms with van der Waals surface area (Å²) >= 11 is 0. The van der Waals surface area contributed by atoms with Crippen LogP contribution in [0, 0.1) is 5.41 Å². The summed E-state index contributed by atoms with van der Waals surface area (Å²) in [4.78, 5) is 7.22. The van der Waals surface area contributed by atoms with Gasteiger partial charge in [-0.25, -0.2) is 0 Å². The van der Waals surface area contributed by atoms with Crippen molar-refractivity contribution in [1.29, 1.82) is 0 Å². The van der Waals surface area contributed by atoms with Crippen molar-refractivity contribution in [2.24, 2.45) is 10.4 Å². The third-order valence-corrected chi connectivity index (χ3v) is 5.56. The minimum Gasteiger partial charge on any atom is -0.381 e. The van der Waals surface area contributed by atoms with Crippen LogP contribution in [0.15, 0.2) is 35.3 Å².